The molecule has 0 saturated carbocycles. The van der Waals surface area contributed by atoms with Crippen molar-refractivity contribution < 1.29 is 9.53 Å². The van der Waals surface area contributed by atoms with Crippen LogP contribution in [0.1, 0.15) is 37.9 Å². The number of rotatable bonds is 3. The van der Waals surface area contributed by atoms with Gasteiger partial charge in [0.2, 0.25) is 0 Å². The number of hydrogen-bond acceptors (Lipinski definition) is 3. The average molecular weight is 329 g/mol. The molecule has 1 aromatic rings. The van der Waals surface area contributed by atoms with Crippen LogP contribution < -0.4 is 11.1 Å². The highest BCUT2D eigenvalue weighted by Crippen LogP contribution is 2.21. The second-order valence-electron chi connectivity index (χ2n) is 5.44. The van der Waals surface area contributed by atoms with Gasteiger partial charge in [0.25, 0.3) is 0 Å². The molecule has 5 heteroatoms. The lowest BCUT2D eigenvalue weighted by Gasteiger charge is -2.24. The van der Waals surface area contributed by atoms with E-state index in [9.17, 15) is 4.79 Å². The summed E-state index contributed by atoms with van der Waals surface area (Å²) in [5.74, 6) is 0. The van der Waals surface area contributed by atoms with Crippen LogP contribution in [0.2, 0.25) is 0 Å². The van der Waals surface area contributed by atoms with E-state index in [1.165, 1.54) is 0 Å². The number of nitrogens with one attached hydrogen (secondary N) is 1. The van der Waals surface area contributed by atoms with E-state index >= 15 is 0 Å². The summed E-state index contributed by atoms with van der Waals surface area (Å²) >= 11 is 3.41. The highest BCUT2D eigenvalue weighted by molar-refractivity contribution is 9.10. The van der Waals surface area contributed by atoms with Crippen LogP contribution in [0.5, 0.6) is 0 Å². The predicted molar refractivity (Wildman–Crippen MR) is 80.0 cm³/mol. The molecule has 1 amide bonds. The largest absolute Gasteiger partial charge is 0.444 e. The fraction of sp³-hybridized carbons (Fsp3) is 0.500. The molecular formula is C14H21BrN2O2. The molecule has 0 aromatic heterocycles. The summed E-state index contributed by atoms with van der Waals surface area (Å²) in [4.78, 5) is 11.8. The Morgan fingerprint density at radius 1 is 1.47 bits per heavy atom. The van der Waals surface area contributed by atoms with Crippen molar-refractivity contribution in [2.45, 2.75) is 39.3 Å². The maximum Gasteiger partial charge on any atom is 0.408 e. The van der Waals surface area contributed by atoms with Gasteiger partial charge in [-0.25, -0.2) is 4.79 Å². The van der Waals surface area contributed by atoms with Crippen LogP contribution in [-0.4, -0.2) is 18.2 Å². The number of halogens is 1. The van der Waals surface area contributed by atoms with Gasteiger partial charge in [0.05, 0.1) is 6.04 Å². The molecule has 3 N–H and O–H groups in total. The van der Waals surface area contributed by atoms with Gasteiger partial charge in [-0.3, -0.25) is 0 Å². The van der Waals surface area contributed by atoms with Crippen molar-refractivity contribution in [1.29, 1.82) is 0 Å². The van der Waals surface area contributed by atoms with E-state index in [2.05, 4.69) is 21.2 Å². The zero-order valence-electron chi connectivity index (χ0n) is 11.8. The summed E-state index contributed by atoms with van der Waals surface area (Å²) in [6.07, 6.45) is -0.453. The minimum absolute atomic E-state index is 0.247. The Morgan fingerprint density at radius 3 is 2.58 bits per heavy atom. The summed E-state index contributed by atoms with van der Waals surface area (Å²) in [7, 11) is 0. The quantitative estimate of drug-likeness (QED) is 0.894. The van der Waals surface area contributed by atoms with Gasteiger partial charge in [-0.15, -0.1) is 0 Å². The molecular weight excluding hydrogens is 308 g/mol. The Hall–Kier alpha value is -1.07. The normalized spacial score (nSPS) is 12.9. The van der Waals surface area contributed by atoms with Crippen molar-refractivity contribution in [3.05, 3.63) is 33.8 Å². The van der Waals surface area contributed by atoms with Crippen LogP contribution in [0.15, 0.2) is 22.7 Å². The Balaban J connectivity index is 2.81. The van der Waals surface area contributed by atoms with Gasteiger partial charge in [-0.1, -0.05) is 22.0 Å². The molecule has 0 aliphatic rings. The average Bonchev–Trinajstić information content (AvgIpc) is 2.24. The molecule has 0 saturated heterocycles. The van der Waals surface area contributed by atoms with Crippen molar-refractivity contribution in [3.63, 3.8) is 0 Å². The van der Waals surface area contributed by atoms with Gasteiger partial charge in [0.15, 0.2) is 0 Å². The molecule has 1 atom stereocenters. The number of benzene rings is 1. The Kier molecular flexibility index (Phi) is 5.38. The lowest BCUT2D eigenvalue weighted by Crippen LogP contribution is -2.38. The standard InChI is InChI=1S/C14H21BrN2O2/c1-9-7-10(15)5-6-11(9)12(8-16)17-13(18)19-14(2,3)4/h5-7,12H,8,16H2,1-4H3,(H,17,18). The van der Waals surface area contributed by atoms with Crippen LogP contribution >= 0.6 is 15.9 Å². The Labute approximate surface area is 122 Å². The second kappa shape index (κ2) is 6.39. The Bertz CT molecular complexity index is 455. The number of alkyl carbamates (subject to hydrolysis) is 1. The number of hydrogen-bond donors (Lipinski definition) is 2. The summed E-state index contributed by atoms with van der Waals surface area (Å²) < 4.78 is 6.24. The molecule has 1 unspecified atom stereocenters. The van der Waals surface area contributed by atoms with Gasteiger partial charge in [0.1, 0.15) is 5.60 Å². The zero-order chi connectivity index (χ0) is 14.6. The lowest BCUT2D eigenvalue weighted by molar-refractivity contribution is 0.0505. The van der Waals surface area contributed by atoms with E-state index < -0.39 is 11.7 Å². The maximum absolute atomic E-state index is 11.8. The second-order valence-corrected chi connectivity index (χ2v) is 6.35. The number of aryl methyl sites for hydroxylation is 1. The molecule has 19 heavy (non-hydrogen) atoms. The van der Waals surface area contributed by atoms with Gasteiger partial charge in [-0.05, 0) is 51.0 Å². The molecule has 0 radical (unpaired) electrons. The number of carbonyl (C=O) groups is 1. The summed E-state index contributed by atoms with van der Waals surface area (Å²) in [6.45, 7) is 7.79. The molecule has 0 aliphatic heterocycles. The number of carbonyl (C=O) groups excluding carboxylic acids is 1. The van der Waals surface area contributed by atoms with Crippen LogP contribution in [0.3, 0.4) is 0 Å². The van der Waals surface area contributed by atoms with E-state index in [4.69, 9.17) is 10.5 Å². The van der Waals surface area contributed by atoms with Crippen molar-refractivity contribution in [2.24, 2.45) is 5.73 Å². The predicted octanol–water partition coefficient (Wildman–Crippen LogP) is 3.28. The van der Waals surface area contributed by atoms with Gasteiger partial charge < -0.3 is 15.8 Å². The molecule has 0 heterocycles. The molecule has 1 rings (SSSR count). The highest BCUT2D eigenvalue weighted by Gasteiger charge is 2.20. The first-order valence-corrected chi connectivity index (χ1v) is 6.98. The number of amides is 1. The summed E-state index contributed by atoms with van der Waals surface area (Å²) in [5.41, 5.74) is 7.29. The lowest BCUT2D eigenvalue weighted by atomic mass is 10.0. The fourth-order valence-corrected chi connectivity index (χ4v) is 2.22. The van der Waals surface area contributed by atoms with Crippen LogP contribution in [0.4, 0.5) is 4.79 Å². The molecule has 0 fully saturated rings. The number of nitrogens with two attached hydrogens (primary N) is 1. The monoisotopic (exact) mass is 328 g/mol. The highest BCUT2D eigenvalue weighted by atomic mass is 79.9. The van der Waals surface area contributed by atoms with Crippen molar-refractivity contribution in [1.82, 2.24) is 5.32 Å². The van der Waals surface area contributed by atoms with E-state index in [-0.39, 0.29) is 6.04 Å². The fourth-order valence-electron chi connectivity index (χ4n) is 1.74. The molecule has 0 bridgehead atoms. The van der Waals surface area contributed by atoms with Gasteiger partial charge in [0, 0.05) is 11.0 Å². The van der Waals surface area contributed by atoms with E-state index in [0.29, 0.717) is 6.54 Å². The summed E-state index contributed by atoms with van der Waals surface area (Å²) in [6, 6.07) is 5.63. The smallest absolute Gasteiger partial charge is 0.408 e. The number of ether oxygens (including phenoxy) is 1. The third-order valence-corrected chi connectivity index (χ3v) is 3.03. The van der Waals surface area contributed by atoms with Crippen molar-refractivity contribution in [2.75, 3.05) is 6.54 Å². The SMILES string of the molecule is Cc1cc(Br)ccc1C(CN)NC(=O)OC(C)(C)C. The third kappa shape index (κ3) is 5.20. The van der Waals surface area contributed by atoms with Crippen LogP contribution in [0, 0.1) is 6.92 Å². The van der Waals surface area contributed by atoms with Gasteiger partial charge in [-0.2, -0.15) is 0 Å². The Morgan fingerprint density at radius 2 is 2.11 bits per heavy atom. The molecule has 4 nitrogen and oxygen atoms in total. The van der Waals surface area contributed by atoms with E-state index in [1.807, 2.05) is 45.9 Å². The first kappa shape index (κ1) is 16.0. The zero-order valence-corrected chi connectivity index (χ0v) is 13.4. The third-order valence-electron chi connectivity index (χ3n) is 2.53. The van der Waals surface area contributed by atoms with Gasteiger partial charge >= 0.3 is 6.09 Å². The van der Waals surface area contributed by atoms with Crippen molar-refractivity contribution >= 4 is 22.0 Å². The molecule has 1 aromatic carbocycles. The van der Waals surface area contributed by atoms with Crippen molar-refractivity contribution in [3.8, 4) is 0 Å². The topological polar surface area (TPSA) is 64.3 Å². The molecule has 106 valence electrons. The summed E-state index contributed by atoms with van der Waals surface area (Å²) in [5, 5.41) is 2.80. The minimum atomic E-state index is -0.516. The van der Waals surface area contributed by atoms with E-state index in [0.717, 1.165) is 15.6 Å². The first-order chi connectivity index (χ1) is 8.73. The van der Waals surface area contributed by atoms with E-state index in [1.54, 1.807) is 0 Å². The molecule has 0 aliphatic carbocycles. The van der Waals surface area contributed by atoms with Crippen LogP contribution in [0.25, 0.3) is 0 Å². The minimum Gasteiger partial charge on any atom is -0.444 e. The first-order valence-electron chi connectivity index (χ1n) is 6.18. The van der Waals surface area contributed by atoms with Crippen LogP contribution in [-0.2, 0) is 4.74 Å². The maximum atomic E-state index is 11.8. The molecule has 0 spiro atoms.